The molecule has 2 aromatic heterocycles. The Kier molecular flexibility index (Phi) is 5.34. The van der Waals surface area contributed by atoms with Crippen molar-refractivity contribution in [1.82, 2.24) is 29.5 Å². The van der Waals surface area contributed by atoms with Crippen molar-refractivity contribution in [3.8, 4) is 0 Å². The summed E-state index contributed by atoms with van der Waals surface area (Å²) in [4.78, 5) is 20.5. The topological polar surface area (TPSA) is 67.2 Å². The summed E-state index contributed by atoms with van der Waals surface area (Å²) >= 11 is 5.93. The van der Waals surface area contributed by atoms with Gasteiger partial charge in [0, 0.05) is 38.4 Å². The van der Waals surface area contributed by atoms with E-state index in [1.165, 1.54) is 6.20 Å². The van der Waals surface area contributed by atoms with Crippen molar-refractivity contribution in [2.75, 3.05) is 27.2 Å². The fourth-order valence-electron chi connectivity index (χ4n) is 3.20. The molecule has 2 aromatic rings. The van der Waals surface area contributed by atoms with Crippen LogP contribution in [0.3, 0.4) is 0 Å². The Morgan fingerprint density at radius 2 is 2.00 bits per heavy atom. The second-order valence-corrected chi connectivity index (χ2v) is 7.17. The first-order valence-corrected chi connectivity index (χ1v) is 8.76. The summed E-state index contributed by atoms with van der Waals surface area (Å²) in [5, 5.41) is 9.18. The quantitative estimate of drug-likeness (QED) is 0.831. The molecule has 1 aliphatic rings. The first kappa shape index (κ1) is 17.8. The summed E-state index contributed by atoms with van der Waals surface area (Å²) in [7, 11) is 6.05. The van der Waals surface area contributed by atoms with Crippen molar-refractivity contribution in [3.63, 3.8) is 0 Å². The third-order valence-corrected chi connectivity index (χ3v) is 4.76. The second-order valence-electron chi connectivity index (χ2n) is 6.73. The minimum absolute atomic E-state index is 0.0142. The van der Waals surface area contributed by atoms with Crippen LogP contribution in [0.2, 0.25) is 5.02 Å². The number of rotatable bonds is 4. The van der Waals surface area contributed by atoms with Crippen LogP contribution in [-0.4, -0.2) is 62.6 Å². The molecule has 134 valence electrons. The Labute approximate surface area is 152 Å². The van der Waals surface area contributed by atoms with Gasteiger partial charge in [-0.15, -0.1) is 10.2 Å². The predicted molar refractivity (Wildman–Crippen MR) is 95.5 cm³/mol. The number of pyridine rings is 1. The molecule has 1 fully saturated rings. The third kappa shape index (κ3) is 3.99. The highest BCUT2D eigenvalue weighted by Crippen LogP contribution is 2.27. The molecule has 0 unspecified atom stereocenters. The monoisotopic (exact) mass is 362 g/mol. The maximum Gasteiger partial charge on any atom is 0.255 e. The van der Waals surface area contributed by atoms with Crippen LogP contribution in [0.5, 0.6) is 0 Å². The van der Waals surface area contributed by atoms with E-state index < -0.39 is 0 Å². The number of carbonyl (C=O) groups is 1. The fourth-order valence-corrected chi connectivity index (χ4v) is 3.38. The minimum Gasteiger partial charge on any atom is -0.339 e. The molecular formula is C17H23ClN6O. The van der Waals surface area contributed by atoms with Crippen LogP contribution in [0.15, 0.2) is 18.5 Å². The Hall–Kier alpha value is -1.99. The molecule has 0 atom stereocenters. The predicted octanol–water partition coefficient (Wildman–Crippen LogP) is 1.94. The first-order chi connectivity index (χ1) is 12.0. The van der Waals surface area contributed by atoms with E-state index in [1.54, 1.807) is 12.3 Å². The zero-order valence-electron chi connectivity index (χ0n) is 14.8. The maximum absolute atomic E-state index is 12.6. The largest absolute Gasteiger partial charge is 0.339 e. The molecule has 3 heterocycles. The number of carbonyl (C=O) groups excluding carboxylic acids is 1. The maximum atomic E-state index is 12.6. The lowest BCUT2D eigenvalue weighted by atomic mass is 9.95. The Bertz CT molecular complexity index is 751. The van der Waals surface area contributed by atoms with Gasteiger partial charge in [-0.3, -0.25) is 9.78 Å². The summed E-state index contributed by atoms with van der Waals surface area (Å²) in [5.41, 5.74) is 0.540. The average molecular weight is 363 g/mol. The van der Waals surface area contributed by atoms with Crippen LogP contribution in [-0.2, 0) is 13.6 Å². The van der Waals surface area contributed by atoms with Crippen molar-refractivity contribution >= 4 is 17.5 Å². The lowest BCUT2D eigenvalue weighted by Gasteiger charge is -2.31. The molecule has 0 saturated carbocycles. The summed E-state index contributed by atoms with van der Waals surface area (Å²) < 4.78 is 2.09. The molecule has 1 saturated heterocycles. The number of piperidine rings is 1. The van der Waals surface area contributed by atoms with Gasteiger partial charge in [0.25, 0.3) is 5.91 Å². The standard InChI is InChI=1S/C17H23ClN6O/c1-22(2)11-15-20-21-16(23(15)3)12-4-6-24(7-5-12)17(25)13-8-14(18)10-19-9-13/h8-10,12H,4-7,11H2,1-3H3. The molecule has 0 aromatic carbocycles. The van der Waals surface area contributed by atoms with Crippen LogP contribution in [0.25, 0.3) is 0 Å². The van der Waals surface area contributed by atoms with Crippen LogP contribution < -0.4 is 0 Å². The van der Waals surface area contributed by atoms with Crippen LogP contribution >= 0.6 is 11.6 Å². The number of nitrogens with zero attached hydrogens (tertiary/aromatic N) is 6. The van der Waals surface area contributed by atoms with Gasteiger partial charge in [0.15, 0.2) is 0 Å². The van der Waals surface area contributed by atoms with Gasteiger partial charge in [-0.1, -0.05) is 11.6 Å². The number of amides is 1. The van der Waals surface area contributed by atoms with E-state index >= 15 is 0 Å². The molecule has 0 N–H and O–H groups in total. The number of hydrogen-bond donors (Lipinski definition) is 0. The SMILES string of the molecule is CN(C)Cc1nnc(C2CCN(C(=O)c3cncc(Cl)c3)CC2)n1C. The van der Waals surface area contributed by atoms with E-state index in [0.717, 1.165) is 31.0 Å². The van der Waals surface area contributed by atoms with Gasteiger partial charge in [-0.2, -0.15) is 0 Å². The van der Waals surface area contributed by atoms with Gasteiger partial charge < -0.3 is 14.4 Å². The molecule has 1 aliphatic heterocycles. The van der Waals surface area contributed by atoms with Crippen molar-refractivity contribution in [2.45, 2.75) is 25.3 Å². The van der Waals surface area contributed by atoms with Crippen molar-refractivity contribution in [3.05, 3.63) is 40.7 Å². The molecule has 0 bridgehead atoms. The van der Waals surface area contributed by atoms with Gasteiger partial charge in [-0.05, 0) is 33.0 Å². The molecule has 7 nitrogen and oxygen atoms in total. The van der Waals surface area contributed by atoms with Gasteiger partial charge in [0.05, 0.1) is 17.1 Å². The number of aromatic nitrogens is 4. The summed E-state index contributed by atoms with van der Waals surface area (Å²) in [6.45, 7) is 2.17. The molecule has 25 heavy (non-hydrogen) atoms. The Morgan fingerprint density at radius 3 is 2.64 bits per heavy atom. The minimum atomic E-state index is -0.0142. The lowest BCUT2D eigenvalue weighted by molar-refractivity contribution is 0.0710. The van der Waals surface area contributed by atoms with Crippen LogP contribution in [0.4, 0.5) is 0 Å². The van der Waals surface area contributed by atoms with Gasteiger partial charge in [0.2, 0.25) is 0 Å². The van der Waals surface area contributed by atoms with Crippen molar-refractivity contribution in [1.29, 1.82) is 0 Å². The molecule has 1 amide bonds. The van der Waals surface area contributed by atoms with Gasteiger partial charge >= 0.3 is 0 Å². The Balaban J connectivity index is 1.64. The lowest BCUT2D eigenvalue weighted by Crippen LogP contribution is -2.38. The third-order valence-electron chi connectivity index (χ3n) is 4.56. The van der Waals surface area contributed by atoms with E-state index in [2.05, 4.69) is 24.6 Å². The summed E-state index contributed by atoms with van der Waals surface area (Å²) in [6, 6.07) is 1.67. The molecule has 8 heteroatoms. The number of hydrogen-bond acceptors (Lipinski definition) is 5. The normalized spacial score (nSPS) is 15.8. The second kappa shape index (κ2) is 7.49. The zero-order valence-corrected chi connectivity index (χ0v) is 15.6. The van der Waals surface area contributed by atoms with E-state index in [-0.39, 0.29) is 5.91 Å². The molecule has 0 aliphatic carbocycles. The smallest absolute Gasteiger partial charge is 0.255 e. The molecule has 0 spiro atoms. The van der Waals surface area contributed by atoms with Gasteiger partial charge in [-0.25, -0.2) is 0 Å². The van der Waals surface area contributed by atoms with E-state index in [9.17, 15) is 4.79 Å². The first-order valence-electron chi connectivity index (χ1n) is 8.38. The van der Waals surface area contributed by atoms with Crippen molar-refractivity contribution < 1.29 is 4.79 Å². The highest BCUT2D eigenvalue weighted by molar-refractivity contribution is 6.30. The van der Waals surface area contributed by atoms with E-state index in [0.29, 0.717) is 29.6 Å². The summed E-state index contributed by atoms with van der Waals surface area (Å²) in [5.74, 6) is 2.28. The zero-order chi connectivity index (χ0) is 18.0. The van der Waals surface area contributed by atoms with Crippen LogP contribution in [0, 0.1) is 0 Å². The van der Waals surface area contributed by atoms with Crippen molar-refractivity contribution in [2.24, 2.45) is 7.05 Å². The number of halogens is 1. The van der Waals surface area contributed by atoms with E-state index in [4.69, 9.17) is 11.6 Å². The van der Waals surface area contributed by atoms with Gasteiger partial charge in [0.1, 0.15) is 11.6 Å². The Morgan fingerprint density at radius 1 is 1.28 bits per heavy atom. The molecule has 0 radical (unpaired) electrons. The van der Waals surface area contributed by atoms with Crippen LogP contribution in [0.1, 0.15) is 40.8 Å². The summed E-state index contributed by atoms with van der Waals surface area (Å²) in [6.07, 6.45) is 4.86. The molecular weight excluding hydrogens is 340 g/mol. The highest BCUT2D eigenvalue weighted by atomic mass is 35.5. The highest BCUT2D eigenvalue weighted by Gasteiger charge is 2.28. The average Bonchev–Trinajstić information content (AvgIpc) is 2.94. The molecule has 3 rings (SSSR count). The van der Waals surface area contributed by atoms with E-state index in [1.807, 2.05) is 26.0 Å². The number of likely N-dealkylation sites (tertiary alicyclic amines) is 1. The fraction of sp³-hybridized carbons (Fsp3) is 0.529.